The van der Waals surface area contributed by atoms with Crippen molar-refractivity contribution in [3.63, 3.8) is 0 Å². The van der Waals surface area contributed by atoms with E-state index in [1.165, 1.54) is 0 Å². The minimum Gasteiger partial charge on any atom is -0.381 e. The summed E-state index contributed by atoms with van der Waals surface area (Å²) in [7, 11) is 3.86. The van der Waals surface area contributed by atoms with E-state index in [-0.39, 0.29) is 0 Å². The van der Waals surface area contributed by atoms with Gasteiger partial charge in [0, 0.05) is 31.4 Å². The van der Waals surface area contributed by atoms with Crippen molar-refractivity contribution in [2.75, 3.05) is 26.0 Å². The van der Waals surface area contributed by atoms with E-state index >= 15 is 0 Å². The molecule has 0 aromatic carbocycles. The Kier molecular flexibility index (Phi) is 4.14. The SMILES string of the molecule is CNC(CSc1nnnn1C)C1CCOC1. The quantitative estimate of drug-likeness (QED) is 0.730. The van der Waals surface area contributed by atoms with E-state index in [9.17, 15) is 0 Å². The van der Waals surface area contributed by atoms with Gasteiger partial charge in [-0.3, -0.25) is 0 Å². The van der Waals surface area contributed by atoms with Crippen LogP contribution < -0.4 is 5.32 Å². The molecule has 6 nitrogen and oxygen atoms in total. The minimum absolute atomic E-state index is 0.462. The molecule has 1 fully saturated rings. The topological polar surface area (TPSA) is 64.9 Å². The molecule has 7 heteroatoms. The van der Waals surface area contributed by atoms with Gasteiger partial charge in [-0.25, -0.2) is 4.68 Å². The summed E-state index contributed by atoms with van der Waals surface area (Å²) < 4.78 is 7.10. The summed E-state index contributed by atoms with van der Waals surface area (Å²) in [6, 6.07) is 0.462. The average molecular weight is 243 g/mol. The molecule has 1 aliphatic heterocycles. The minimum atomic E-state index is 0.462. The van der Waals surface area contributed by atoms with Gasteiger partial charge in [0.2, 0.25) is 5.16 Å². The number of thioether (sulfide) groups is 1. The van der Waals surface area contributed by atoms with Crippen LogP contribution in [0.2, 0.25) is 0 Å². The second-order valence-corrected chi connectivity index (χ2v) is 4.90. The van der Waals surface area contributed by atoms with Crippen LogP contribution in [0.3, 0.4) is 0 Å². The van der Waals surface area contributed by atoms with Crippen molar-refractivity contribution in [1.29, 1.82) is 0 Å². The van der Waals surface area contributed by atoms with Crippen LogP contribution in [0.25, 0.3) is 0 Å². The normalized spacial score (nSPS) is 22.5. The number of nitrogens with zero attached hydrogens (tertiary/aromatic N) is 4. The second kappa shape index (κ2) is 5.60. The number of ether oxygens (including phenoxy) is 1. The van der Waals surface area contributed by atoms with E-state index in [4.69, 9.17) is 4.74 Å². The maximum atomic E-state index is 5.41. The van der Waals surface area contributed by atoms with Gasteiger partial charge in [-0.2, -0.15) is 0 Å². The highest BCUT2D eigenvalue weighted by Gasteiger charge is 2.25. The summed E-state index contributed by atoms with van der Waals surface area (Å²) in [5.74, 6) is 1.58. The molecule has 0 bridgehead atoms. The molecule has 2 rings (SSSR count). The molecule has 0 amide bonds. The van der Waals surface area contributed by atoms with Crippen LogP contribution in [0.4, 0.5) is 0 Å². The molecular formula is C9H17N5OS. The van der Waals surface area contributed by atoms with Crippen LogP contribution in [0.1, 0.15) is 6.42 Å². The van der Waals surface area contributed by atoms with Gasteiger partial charge in [-0.05, 0) is 23.9 Å². The molecule has 90 valence electrons. The molecule has 0 spiro atoms. The maximum absolute atomic E-state index is 5.41. The number of nitrogens with one attached hydrogen (secondary N) is 1. The fourth-order valence-electron chi connectivity index (χ4n) is 1.83. The monoisotopic (exact) mass is 243 g/mol. The molecule has 1 N–H and O–H groups in total. The molecule has 1 aromatic rings. The predicted molar refractivity (Wildman–Crippen MR) is 61.3 cm³/mol. The summed E-state index contributed by atoms with van der Waals surface area (Å²) in [6.07, 6.45) is 1.14. The standard InChI is InChI=1S/C9H17N5OS/c1-10-8(7-3-4-15-5-7)6-16-9-11-12-13-14(9)2/h7-8,10H,3-6H2,1-2H3. The van der Waals surface area contributed by atoms with Crippen molar-refractivity contribution in [3.8, 4) is 0 Å². The van der Waals surface area contributed by atoms with Crippen molar-refractivity contribution in [3.05, 3.63) is 0 Å². The third kappa shape index (κ3) is 2.72. The number of hydrogen-bond donors (Lipinski definition) is 1. The summed E-state index contributed by atoms with van der Waals surface area (Å²) >= 11 is 1.68. The second-order valence-electron chi connectivity index (χ2n) is 3.91. The third-order valence-corrected chi connectivity index (χ3v) is 4.01. The summed E-state index contributed by atoms with van der Waals surface area (Å²) in [5, 5.41) is 15.6. The highest BCUT2D eigenvalue weighted by atomic mass is 32.2. The molecule has 16 heavy (non-hydrogen) atoms. The molecule has 2 atom stereocenters. The Labute approximate surface area is 99.1 Å². The van der Waals surface area contributed by atoms with Gasteiger partial charge >= 0.3 is 0 Å². The molecule has 2 heterocycles. The lowest BCUT2D eigenvalue weighted by Crippen LogP contribution is -2.36. The Balaban J connectivity index is 1.85. The van der Waals surface area contributed by atoms with Gasteiger partial charge in [-0.1, -0.05) is 11.8 Å². The van der Waals surface area contributed by atoms with Gasteiger partial charge in [0.25, 0.3) is 0 Å². The zero-order valence-electron chi connectivity index (χ0n) is 9.59. The van der Waals surface area contributed by atoms with Crippen LogP contribution in [-0.2, 0) is 11.8 Å². The van der Waals surface area contributed by atoms with Crippen LogP contribution in [-0.4, -0.2) is 52.3 Å². The Hall–Kier alpha value is -0.660. The van der Waals surface area contributed by atoms with Crippen LogP contribution in [0, 0.1) is 5.92 Å². The Morgan fingerprint density at radius 2 is 2.56 bits per heavy atom. The number of rotatable bonds is 5. The first-order valence-electron chi connectivity index (χ1n) is 5.41. The largest absolute Gasteiger partial charge is 0.381 e. The third-order valence-electron chi connectivity index (χ3n) is 2.88. The Morgan fingerprint density at radius 3 is 3.12 bits per heavy atom. The van der Waals surface area contributed by atoms with Crippen molar-refractivity contribution in [2.45, 2.75) is 17.6 Å². The molecule has 1 aromatic heterocycles. The van der Waals surface area contributed by atoms with Crippen molar-refractivity contribution < 1.29 is 4.74 Å². The van der Waals surface area contributed by atoms with Crippen molar-refractivity contribution >= 4 is 11.8 Å². The Bertz CT molecular complexity index is 325. The summed E-state index contributed by atoms with van der Waals surface area (Å²) in [6.45, 7) is 1.75. The first-order chi connectivity index (χ1) is 7.81. The fourth-order valence-corrected chi connectivity index (χ4v) is 2.92. The average Bonchev–Trinajstić information content (AvgIpc) is 2.92. The smallest absolute Gasteiger partial charge is 0.209 e. The fraction of sp³-hybridized carbons (Fsp3) is 0.889. The van der Waals surface area contributed by atoms with Gasteiger partial charge < -0.3 is 10.1 Å². The van der Waals surface area contributed by atoms with Gasteiger partial charge in [0.1, 0.15) is 0 Å². The lowest BCUT2D eigenvalue weighted by atomic mass is 10.0. The van der Waals surface area contributed by atoms with E-state index < -0.39 is 0 Å². The zero-order valence-corrected chi connectivity index (χ0v) is 10.4. The van der Waals surface area contributed by atoms with E-state index in [1.54, 1.807) is 16.4 Å². The first kappa shape index (κ1) is 11.8. The predicted octanol–water partition coefficient (Wildman–Crippen LogP) is -0.0733. The number of aromatic nitrogens is 4. The lowest BCUT2D eigenvalue weighted by Gasteiger charge is -2.20. The van der Waals surface area contributed by atoms with Crippen molar-refractivity contribution in [1.82, 2.24) is 25.5 Å². The molecular weight excluding hydrogens is 226 g/mol. The number of hydrogen-bond acceptors (Lipinski definition) is 6. The lowest BCUT2D eigenvalue weighted by molar-refractivity contribution is 0.179. The maximum Gasteiger partial charge on any atom is 0.209 e. The number of tetrazole rings is 1. The molecule has 1 aliphatic rings. The summed E-state index contributed by atoms with van der Waals surface area (Å²) in [4.78, 5) is 0. The van der Waals surface area contributed by atoms with Crippen LogP contribution in [0.15, 0.2) is 5.16 Å². The van der Waals surface area contributed by atoms with E-state index in [1.807, 2.05) is 14.1 Å². The molecule has 1 saturated heterocycles. The summed E-state index contributed by atoms with van der Waals surface area (Å²) in [5.41, 5.74) is 0. The zero-order chi connectivity index (χ0) is 11.4. The van der Waals surface area contributed by atoms with E-state index in [2.05, 4.69) is 20.8 Å². The Morgan fingerprint density at radius 1 is 1.69 bits per heavy atom. The van der Waals surface area contributed by atoms with Crippen LogP contribution in [0.5, 0.6) is 0 Å². The van der Waals surface area contributed by atoms with Gasteiger partial charge in [0.05, 0.1) is 6.61 Å². The highest BCUT2D eigenvalue weighted by Crippen LogP contribution is 2.22. The molecule has 0 aliphatic carbocycles. The van der Waals surface area contributed by atoms with E-state index in [0.29, 0.717) is 12.0 Å². The number of aryl methyl sites for hydroxylation is 1. The van der Waals surface area contributed by atoms with Gasteiger partial charge in [0.15, 0.2) is 0 Å². The molecule has 0 radical (unpaired) electrons. The van der Waals surface area contributed by atoms with Crippen LogP contribution >= 0.6 is 11.8 Å². The van der Waals surface area contributed by atoms with Gasteiger partial charge in [-0.15, -0.1) is 5.10 Å². The van der Waals surface area contributed by atoms with E-state index in [0.717, 1.165) is 30.5 Å². The first-order valence-corrected chi connectivity index (χ1v) is 6.40. The molecule has 0 saturated carbocycles. The highest BCUT2D eigenvalue weighted by molar-refractivity contribution is 7.99. The molecule has 2 unspecified atom stereocenters. The van der Waals surface area contributed by atoms with Crippen molar-refractivity contribution in [2.24, 2.45) is 13.0 Å².